The summed E-state index contributed by atoms with van der Waals surface area (Å²) in [6.07, 6.45) is -0.419. The van der Waals surface area contributed by atoms with E-state index < -0.39 is 6.10 Å². The topological polar surface area (TPSA) is 32.3 Å². The summed E-state index contributed by atoms with van der Waals surface area (Å²) in [5.41, 5.74) is 0.940. The number of rotatable bonds is 4. The first-order valence-corrected chi connectivity index (χ1v) is 5.17. The first-order valence-electron chi connectivity index (χ1n) is 4.38. The molecule has 1 unspecified atom stereocenters. The molecule has 0 fully saturated rings. The molecule has 1 aromatic rings. The summed E-state index contributed by atoms with van der Waals surface area (Å²) in [6, 6.07) is 7.73. The predicted molar refractivity (Wildman–Crippen MR) is 57.6 cm³/mol. The molecule has 1 rings (SSSR count). The smallest absolute Gasteiger partial charge is 0.0914 e. The fourth-order valence-corrected chi connectivity index (χ4v) is 1.53. The van der Waals surface area contributed by atoms with Gasteiger partial charge in [0.2, 0.25) is 0 Å². The van der Waals surface area contributed by atoms with Crippen LogP contribution in [0.15, 0.2) is 28.7 Å². The standard InChI is InChI=1S/C10H14BrNO/c1-2-12-7-10(13)8-4-3-5-9(11)6-8/h3-6,10,12-13H,2,7H2,1H3. The third-order valence-electron chi connectivity index (χ3n) is 1.82. The van der Waals surface area contributed by atoms with Crippen LogP contribution >= 0.6 is 15.9 Å². The number of aliphatic hydroxyl groups is 1. The van der Waals surface area contributed by atoms with Crippen LogP contribution in [-0.2, 0) is 0 Å². The summed E-state index contributed by atoms with van der Waals surface area (Å²) in [6.45, 7) is 3.51. The highest BCUT2D eigenvalue weighted by Crippen LogP contribution is 2.17. The maximum Gasteiger partial charge on any atom is 0.0914 e. The van der Waals surface area contributed by atoms with Gasteiger partial charge >= 0.3 is 0 Å². The Morgan fingerprint density at radius 3 is 2.92 bits per heavy atom. The fourth-order valence-electron chi connectivity index (χ4n) is 1.11. The summed E-state index contributed by atoms with van der Waals surface area (Å²) in [5, 5.41) is 12.8. The molecule has 0 radical (unpaired) electrons. The van der Waals surface area contributed by atoms with Crippen LogP contribution in [0.4, 0.5) is 0 Å². The van der Waals surface area contributed by atoms with Gasteiger partial charge in [-0.25, -0.2) is 0 Å². The molecule has 0 amide bonds. The molecule has 0 aliphatic rings. The Hall–Kier alpha value is -0.380. The van der Waals surface area contributed by atoms with Crippen molar-refractivity contribution in [2.24, 2.45) is 0 Å². The van der Waals surface area contributed by atoms with Gasteiger partial charge in [0.15, 0.2) is 0 Å². The second-order valence-corrected chi connectivity index (χ2v) is 3.79. The quantitative estimate of drug-likeness (QED) is 0.850. The highest BCUT2D eigenvalue weighted by molar-refractivity contribution is 9.10. The molecule has 3 heteroatoms. The van der Waals surface area contributed by atoms with Gasteiger partial charge in [-0.05, 0) is 24.2 Å². The van der Waals surface area contributed by atoms with Crippen molar-refractivity contribution in [1.29, 1.82) is 0 Å². The van der Waals surface area contributed by atoms with Crippen molar-refractivity contribution < 1.29 is 5.11 Å². The van der Waals surface area contributed by atoms with E-state index in [1.807, 2.05) is 31.2 Å². The first kappa shape index (κ1) is 10.7. The van der Waals surface area contributed by atoms with Gasteiger partial charge in [-0.15, -0.1) is 0 Å². The molecule has 1 atom stereocenters. The molecule has 2 N–H and O–H groups in total. The van der Waals surface area contributed by atoms with Crippen LogP contribution in [0.2, 0.25) is 0 Å². The molecule has 0 aromatic heterocycles. The van der Waals surface area contributed by atoms with Crippen LogP contribution in [0.25, 0.3) is 0 Å². The average Bonchev–Trinajstić information content (AvgIpc) is 2.14. The highest BCUT2D eigenvalue weighted by atomic mass is 79.9. The summed E-state index contributed by atoms with van der Waals surface area (Å²) in [5.74, 6) is 0. The Kier molecular flexibility index (Phi) is 4.42. The molecule has 0 aliphatic carbocycles. The van der Waals surface area contributed by atoms with Crippen molar-refractivity contribution >= 4 is 15.9 Å². The molecule has 0 saturated heterocycles. The van der Waals surface area contributed by atoms with Crippen molar-refractivity contribution in [1.82, 2.24) is 5.32 Å². The van der Waals surface area contributed by atoms with Crippen LogP contribution in [-0.4, -0.2) is 18.2 Å². The van der Waals surface area contributed by atoms with Crippen LogP contribution < -0.4 is 5.32 Å². The molecule has 0 saturated carbocycles. The number of hydrogen-bond acceptors (Lipinski definition) is 2. The summed E-state index contributed by atoms with van der Waals surface area (Å²) in [4.78, 5) is 0. The van der Waals surface area contributed by atoms with Crippen molar-refractivity contribution in [3.05, 3.63) is 34.3 Å². The van der Waals surface area contributed by atoms with Gasteiger partial charge < -0.3 is 10.4 Å². The largest absolute Gasteiger partial charge is 0.387 e. The van der Waals surface area contributed by atoms with E-state index in [0.717, 1.165) is 16.6 Å². The van der Waals surface area contributed by atoms with E-state index in [0.29, 0.717) is 6.54 Å². The minimum atomic E-state index is -0.419. The Balaban J connectivity index is 2.60. The van der Waals surface area contributed by atoms with Gasteiger partial charge in [-0.1, -0.05) is 35.0 Å². The number of hydrogen-bond donors (Lipinski definition) is 2. The lowest BCUT2D eigenvalue weighted by Gasteiger charge is -2.11. The molecule has 0 aliphatic heterocycles. The molecule has 0 spiro atoms. The van der Waals surface area contributed by atoms with Crippen LogP contribution in [0.3, 0.4) is 0 Å². The molecular formula is C10H14BrNO. The van der Waals surface area contributed by atoms with Crippen LogP contribution in [0.5, 0.6) is 0 Å². The number of likely N-dealkylation sites (N-methyl/N-ethyl adjacent to an activating group) is 1. The zero-order valence-electron chi connectivity index (χ0n) is 7.63. The molecule has 2 nitrogen and oxygen atoms in total. The third-order valence-corrected chi connectivity index (χ3v) is 2.31. The lowest BCUT2D eigenvalue weighted by molar-refractivity contribution is 0.175. The number of benzene rings is 1. The van der Waals surface area contributed by atoms with Gasteiger partial charge in [-0.3, -0.25) is 0 Å². The molecule has 0 bridgehead atoms. The predicted octanol–water partition coefficient (Wildman–Crippen LogP) is 2.09. The van der Waals surface area contributed by atoms with Gasteiger partial charge in [0.05, 0.1) is 6.10 Å². The van der Waals surface area contributed by atoms with E-state index in [1.54, 1.807) is 0 Å². The Labute approximate surface area is 87.1 Å². The molecule has 13 heavy (non-hydrogen) atoms. The Bertz CT molecular complexity index is 265. The summed E-state index contributed by atoms with van der Waals surface area (Å²) < 4.78 is 1.00. The summed E-state index contributed by atoms with van der Waals surface area (Å²) >= 11 is 3.37. The van der Waals surface area contributed by atoms with Crippen molar-refractivity contribution in [3.8, 4) is 0 Å². The van der Waals surface area contributed by atoms with E-state index in [2.05, 4.69) is 21.2 Å². The van der Waals surface area contributed by atoms with E-state index >= 15 is 0 Å². The van der Waals surface area contributed by atoms with Crippen LogP contribution in [0, 0.1) is 0 Å². The van der Waals surface area contributed by atoms with Crippen molar-refractivity contribution in [3.63, 3.8) is 0 Å². The Morgan fingerprint density at radius 1 is 1.54 bits per heavy atom. The third kappa shape index (κ3) is 3.46. The molecule has 1 aromatic carbocycles. The monoisotopic (exact) mass is 243 g/mol. The Morgan fingerprint density at radius 2 is 2.31 bits per heavy atom. The first-order chi connectivity index (χ1) is 6.24. The second kappa shape index (κ2) is 5.37. The maximum absolute atomic E-state index is 9.69. The van der Waals surface area contributed by atoms with E-state index in [1.165, 1.54) is 0 Å². The van der Waals surface area contributed by atoms with E-state index in [9.17, 15) is 5.11 Å². The minimum absolute atomic E-state index is 0.419. The number of halogens is 1. The van der Waals surface area contributed by atoms with Gasteiger partial charge in [0.25, 0.3) is 0 Å². The zero-order chi connectivity index (χ0) is 9.68. The second-order valence-electron chi connectivity index (χ2n) is 2.88. The normalized spacial score (nSPS) is 12.8. The molecular weight excluding hydrogens is 230 g/mol. The van der Waals surface area contributed by atoms with Crippen molar-refractivity contribution in [2.75, 3.05) is 13.1 Å². The van der Waals surface area contributed by atoms with Gasteiger partial charge in [-0.2, -0.15) is 0 Å². The van der Waals surface area contributed by atoms with Gasteiger partial charge in [0.1, 0.15) is 0 Å². The summed E-state index contributed by atoms with van der Waals surface area (Å²) in [7, 11) is 0. The molecule has 0 heterocycles. The minimum Gasteiger partial charge on any atom is -0.387 e. The number of nitrogens with one attached hydrogen (secondary N) is 1. The molecule has 72 valence electrons. The average molecular weight is 244 g/mol. The van der Waals surface area contributed by atoms with Gasteiger partial charge in [0, 0.05) is 11.0 Å². The SMILES string of the molecule is CCNCC(O)c1cccc(Br)c1. The van der Waals surface area contributed by atoms with Crippen LogP contribution in [0.1, 0.15) is 18.6 Å². The fraction of sp³-hybridized carbons (Fsp3) is 0.400. The zero-order valence-corrected chi connectivity index (χ0v) is 9.21. The van der Waals surface area contributed by atoms with E-state index in [-0.39, 0.29) is 0 Å². The lowest BCUT2D eigenvalue weighted by Crippen LogP contribution is -2.20. The highest BCUT2D eigenvalue weighted by Gasteiger charge is 2.05. The number of aliphatic hydroxyl groups excluding tert-OH is 1. The van der Waals surface area contributed by atoms with E-state index in [4.69, 9.17) is 0 Å². The maximum atomic E-state index is 9.69. The van der Waals surface area contributed by atoms with Crippen molar-refractivity contribution in [2.45, 2.75) is 13.0 Å². The lowest BCUT2D eigenvalue weighted by atomic mass is 10.1.